The average molecular weight is 294 g/mol. The molecule has 2 N–H and O–H groups in total. The van der Waals surface area contributed by atoms with E-state index < -0.39 is 6.04 Å². The number of nitrogens with zero attached hydrogens (tertiary/aromatic N) is 2. The van der Waals surface area contributed by atoms with Crippen LogP contribution in [0.3, 0.4) is 0 Å². The molecule has 1 rings (SSSR count). The Morgan fingerprint density at radius 1 is 1.38 bits per heavy atom. The van der Waals surface area contributed by atoms with Crippen molar-refractivity contribution in [2.45, 2.75) is 60.0 Å². The first-order valence-electron chi connectivity index (χ1n) is 7.47. The van der Waals surface area contributed by atoms with Crippen molar-refractivity contribution in [3.05, 3.63) is 11.8 Å². The minimum absolute atomic E-state index is 0.0150. The van der Waals surface area contributed by atoms with Crippen LogP contribution in [0, 0.1) is 12.8 Å². The average Bonchev–Trinajstić information content (AvgIpc) is 2.74. The first-order valence-corrected chi connectivity index (χ1v) is 7.47. The van der Waals surface area contributed by atoms with Gasteiger partial charge in [-0.1, -0.05) is 27.2 Å². The van der Waals surface area contributed by atoms with Crippen LogP contribution in [0.1, 0.15) is 46.1 Å². The summed E-state index contributed by atoms with van der Waals surface area (Å²) >= 11 is 0. The minimum Gasteiger partial charge on any atom is -0.344 e. The maximum atomic E-state index is 12.4. The molecule has 0 unspecified atom stereocenters. The van der Waals surface area contributed by atoms with Gasteiger partial charge in [0.2, 0.25) is 11.8 Å². The fourth-order valence-corrected chi connectivity index (χ4v) is 2.07. The Morgan fingerprint density at radius 2 is 2.05 bits per heavy atom. The van der Waals surface area contributed by atoms with Gasteiger partial charge in [0.25, 0.3) is 0 Å². The highest BCUT2D eigenvalue weighted by atomic mass is 16.2. The fourth-order valence-electron chi connectivity index (χ4n) is 2.07. The lowest BCUT2D eigenvalue weighted by Gasteiger charge is -2.21. The van der Waals surface area contributed by atoms with E-state index >= 15 is 0 Å². The summed E-state index contributed by atoms with van der Waals surface area (Å²) in [5.41, 5.74) is 0.921. The Labute approximate surface area is 126 Å². The lowest BCUT2D eigenvalue weighted by atomic mass is 10.0. The maximum absolute atomic E-state index is 12.4. The Kier molecular flexibility index (Phi) is 6.39. The molecule has 0 radical (unpaired) electrons. The van der Waals surface area contributed by atoms with Crippen molar-refractivity contribution >= 4 is 17.6 Å². The first-order chi connectivity index (χ1) is 9.86. The van der Waals surface area contributed by atoms with Gasteiger partial charge in [0.1, 0.15) is 11.9 Å². The van der Waals surface area contributed by atoms with Crippen molar-refractivity contribution in [2.75, 3.05) is 5.32 Å². The summed E-state index contributed by atoms with van der Waals surface area (Å²) in [6, 6.07) is -0.545. The molecule has 0 spiro atoms. The highest BCUT2D eigenvalue weighted by Gasteiger charge is 2.24. The Hall–Kier alpha value is -1.85. The lowest BCUT2D eigenvalue weighted by molar-refractivity contribution is -0.126. The largest absolute Gasteiger partial charge is 0.344 e. The molecule has 0 aliphatic heterocycles. The van der Waals surface area contributed by atoms with E-state index in [0.29, 0.717) is 5.82 Å². The van der Waals surface area contributed by atoms with Gasteiger partial charge < -0.3 is 10.6 Å². The van der Waals surface area contributed by atoms with Gasteiger partial charge >= 0.3 is 0 Å². The Morgan fingerprint density at radius 3 is 2.57 bits per heavy atom. The normalized spacial score (nSPS) is 12.3. The number of carbonyl (C=O) groups excluding carboxylic acids is 2. The monoisotopic (exact) mass is 294 g/mol. The molecular formula is C15H26N4O2. The lowest BCUT2D eigenvalue weighted by Crippen LogP contribution is -2.46. The molecule has 0 fully saturated rings. The van der Waals surface area contributed by atoms with E-state index in [1.54, 1.807) is 6.20 Å². The van der Waals surface area contributed by atoms with Gasteiger partial charge in [-0.25, -0.2) is 4.68 Å². The quantitative estimate of drug-likeness (QED) is 0.808. The number of hydrogen-bond donors (Lipinski definition) is 2. The van der Waals surface area contributed by atoms with Crippen LogP contribution in [-0.4, -0.2) is 27.6 Å². The smallest absolute Gasteiger partial charge is 0.248 e. The molecule has 0 aliphatic carbocycles. The standard InChI is InChI=1S/C15H26N4O2/c1-6-7-8-19-14(11(4)9-16-19)18-15(21)13(10(2)3)17-12(5)20/h9-10,13H,6-8H2,1-5H3,(H,17,20)(H,18,21)/t13-/m1/s1. The summed E-state index contributed by atoms with van der Waals surface area (Å²) in [4.78, 5) is 23.6. The molecule has 1 heterocycles. The molecule has 2 amide bonds. The fraction of sp³-hybridized carbons (Fsp3) is 0.667. The summed E-state index contributed by atoms with van der Waals surface area (Å²) in [5.74, 6) is 0.312. The molecule has 6 heteroatoms. The van der Waals surface area contributed by atoms with E-state index in [4.69, 9.17) is 0 Å². The minimum atomic E-state index is -0.545. The Bertz CT molecular complexity index is 494. The van der Waals surface area contributed by atoms with Crippen molar-refractivity contribution in [1.29, 1.82) is 0 Å². The van der Waals surface area contributed by atoms with E-state index in [1.807, 2.05) is 25.5 Å². The third-order valence-electron chi connectivity index (χ3n) is 3.30. The van der Waals surface area contributed by atoms with Gasteiger partial charge in [0.05, 0.1) is 6.20 Å². The van der Waals surface area contributed by atoms with Gasteiger partial charge in [-0.05, 0) is 19.3 Å². The molecule has 1 atom stereocenters. The van der Waals surface area contributed by atoms with Gasteiger partial charge in [0.15, 0.2) is 0 Å². The second kappa shape index (κ2) is 7.81. The SMILES string of the molecule is CCCCn1ncc(C)c1NC(=O)[C@H](NC(C)=O)C(C)C. The van der Waals surface area contributed by atoms with Crippen molar-refractivity contribution in [2.24, 2.45) is 5.92 Å². The number of unbranched alkanes of at least 4 members (excludes halogenated alkanes) is 1. The van der Waals surface area contributed by atoms with Crippen molar-refractivity contribution in [3.8, 4) is 0 Å². The van der Waals surface area contributed by atoms with Crippen LogP contribution in [-0.2, 0) is 16.1 Å². The topological polar surface area (TPSA) is 76.0 Å². The Balaban J connectivity index is 2.85. The van der Waals surface area contributed by atoms with E-state index in [-0.39, 0.29) is 17.7 Å². The third-order valence-corrected chi connectivity index (χ3v) is 3.30. The summed E-state index contributed by atoms with van der Waals surface area (Å²) in [7, 11) is 0. The van der Waals surface area contributed by atoms with Gasteiger partial charge in [-0.3, -0.25) is 9.59 Å². The molecule has 0 saturated carbocycles. The van der Waals surface area contributed by atoms with Gasteiger partial charge in [0, 0.05) is 19.0 Å². The van der Waals surface area contributed by atoms with Crippen LogP contribution in [0.2, 0.25) is 0 Å². The van der Waals surface area contributed by atoms with Crippen LogP contribution < -0.4 is 10.6 Å². The van der Waals surface area contributed by atoms with Crippen molar-refractivity contribution in [1.82, 2.24) is 15.1 Å². The molecule has 1 aromatic rings. The molecule has 118 valence electrons. The van der Waals surface area contributed by atoms with E-state index in [1.165, 1.54) is 6.92 Å². The zero-order valence-electron chi connectivity index (χ0n) is 13.6. The first kappa shape index (κ1) is 17.2. The zero-order valence-corrected chi connectivity index (χ0v) is 13.6. The number of amides is 2. The number of anilines is 1. The van der Waals surface area contributed by atoms with Gasteiger partial charge in [-0.15, -0.1) is 0 Å². The van der Waals surface area contributed by atoms with Gasteiger partial charge in [-0.2, -0.15) is 5.10 Å². The van der Waals surface area contributed by atoms with Crippen molar-refractivity contribution < 1.29 is 9.59 Å². The van der Waals surface area contributed by atoms with E-state index in [9.17, 15) is 9.59 Å². The second-order valence-electron chi connectivity index (χ2n) is 5.66. The predicted molar refractivity (Wildman–Crippen MR) is 82.9 cm³/mol. The van der Waals surface area contributed by atoms with Crippen molar-refractivity contribution in [3.63, 3.8) is 0 Å². The summed E-state index contributed by atoms with van der Waals surface area (Å²) < 4.78 is 1.81. The summed E-state index contributed by atoms with van der Waals surface area (Å²) in [6.07, 6.45) is 3.81. The number of carbonyl (C=O) groups is 2. The number of rotatable bonds is 7. The molecule has 0 aliphatic rings. The highest BCUT2D eigenvalue weighted by molar-refractivity contribution is 5.97. The molecule has 21 heavy (non-hydrogen) atoms. The van der Waals surface area contributed by atoms with Crippen LogP contribution >= 0.6 is 0 Å². The predicted octanol–water partition coefficient (Wildman–Crippen LogP) is 2.09. The number of aromatic nitrogens is 2. The molecule has 0 saturated heterocycles. The van der Waals surface area contributed by atoms with Crippen LogP contribution in [0.4, 0.5) is 5.82 Å². The molecule has 6 nitrogen and oxygen atoms in total. The number of nitrogens with one attached hydrogen (secondary N) is 2. The highest BCUT2D eigenvalue weighted by Crippen LogP contribution is 2.16. The van der Waals surface area contributed by atoms with E-state index in [2.05, 4.69) is 22.7 Å². The zero-order chi connectivity index (χ0) is 16.0. The summed E-state index contributed by atoms with van der Waals surface area (Å²) in [6.45, 7) is 10.0. The number of aryl methyl sites for hydroxylation is 2. The molecular weight excluding hydrogens is 268 g/mol. The third kappa shape index (κ3) is 4.88. The second-order valence-corrected chi connectivity index (χ2v) is 5.66. The molecule has 1 aromatic heterocycles. The van der Waals surface area contributed by atoms with Crippen LogP contribution in [0.5, 0.6) is 0 Å². The van der Waals surface area contributed by atoms with Crippen LogP contribution in [0.15, 0.2) is 6.20 Å². The maximum Gasteiger partial charge on any atom is 0.248 e. The number of hydrogen-bond acceptors (Lipinski definition) is 3. The molecule has 0 aromatic carbocycles. The summed E-state index contributed by atoms with van der Waals surface area (Å²) in [5, 5.41) is 9.88. The van der Waals surface area contributed by atoms with Crippen LogP contribution in [0.25, 0.3) is 0 Å². The molecule has 0 bridgehead atoms. The van der Waals surface area contributed by atoms with E-state index in [0.717, 1.165) is 24.9 Å².